The topological polar surface area (TPSA) is 68.8 Å². The molecule has 0 aromatic carbocycles. The summed E-state index contributed by atoms with van der Waals surface area (Å²) >= 11 is 0. The lowest BCUT2D eigenvalue weighted by atomic mass is 10.1. The Morgan fingerprint density at radius 2 is 2.44 bits per heavy atom. The summed E-state index contributed by atoms with van der Waals surface area (Å²) < 4.78 is 0. The van der Waals surface area contributed by atoms with E-state index in [0.29, 0.717) is 0 Å². The van der Waals surface area contributed by atoms with Gasteiger partial charge in [-0.1, -0.05) is 13.3 Å². The first-order chi connectivity index (χ1) is 7.74. The molecule has 3 atom stereocenters. The van der Waals surface area contributed by atoms with Crippen LogP contribution in [0, 0.1) is 0 Å². The Morgan fingerprint density at radius 1 is 1.62 bits per heavy atom. The van der Waals surface area contributed by atoms with Gasteiger partial charge in [-0.15, -0.1) is 0 Å². The number of hydrogen-bond acceptors (Lipinski definition) is 5. The van der Waals surface area contributed by atoms with Crippen LogP contribution in [0.25, 0.3) is 0 Å². The zero-order chi connectivity index (χ0) is 11.5. The van der Waals surface area contributed by atoms with E-state index in [9.17, 15) is 4.79 Å². The highest BCUT2D eigenvalue weighted by Crippen LogP contribution is 2.14. The highest BCUT2D eigenvalue weighted by molar-refractivity contribution is 5.87. The number of nitrogens with one attached hydrogen (secondary N) is 3. The van der Waals surface area contributed by atoms with Gasteiger partial charge in [-0.25, -0.2) is 0 Å². The van der Waals surface area contributed by atoms with Gasteiger partial charge >= 0.3 is 0 Å². The zero-order valence-electron chi connectivity index (χ0n) is 9.73. The molecule has 3 N–H and O–H groups in total. The third-order valence-electron chi connectivity index (χ3n) is 3.04. The summed E-state index contributed by atoms with van der Waals surface area (Å²) in [5.74, 6) is -0.0154. The van der Waals surface area contributed by atoms with Crippen LogP contribution in [0.1, 0.15) is 19.8 Å². The smallest absolute Gasteiger partial charge is 0.250 e. The number of nitrogens with zero attached hydrogens (tertiary/aromatic N) is 2. The summed E-state index contributed by atoms with van der Waals surface area (Å²) in [6, 6.07) is -0.311. The summed E-state index contributed by atoms with van der Waals surface area (Å²) in [6.07, 6.45) is 3.74. The third kappa shape index (κ3) is 2.03. The second kappa shape index (κ2) is 4.80. The van der Waals surface area contributed by atoms with Gasteiger partial charge in [-0.05, 0) is 20.0 Å². The number of aliphatic imine (C=N–C) groups is 1. The van der Waals surface area contributed by atoms with Crippen LogP contribution in [0.5, 0.6) is 0 Å². The maximum absolute atomic E-state index is 11.7. The van der Waals surface area contributed by atoms with Crippen LogP contribution in [-0.4, -0.2) is 49.2 Å². The molecule has 3 unspecified atom stereocenters. The Balaban J connectivity index is 1.93. The lowest BCUT2D eigenvalue weighted by Gasteiger charge is -2.40. The number of amides is 1. The molecule has 2 aliphatic heterocycles. The molecule has 2 heterocycles. The standard InChI is InChI=1S/C10H19N5O/c1-3-4-5-11-10-14-9(16)7-8(15(10)2)13-6-12-7/h6-8,10-11H,3-5H2,1-2H3,(H,12,13)(H,14,16). The first-order valence-electron chi connectivity index (χ1n) is 5.77. The highest BCUT2D eigenvalue weighted by atomic mass is 16.2. The van der Waals surface area contributed by atoms with Gasteiger partial charge in [0, 0.05) is 0 Å². The molecule has 0 aromatic heterocycles. The molecule has 0 aliphatic carbocycles. The van der Waals surface area contributed by atoms with Gasteiger partial charge in [0.15, 0.2) is 6.04 Å². The molecule has 1 amide bonds. The minimum absolute atomic E-state index is 0.0154. The van der Waals surface area contributed by atoms with E-state index in [0.717, 1.165) is 19.4 Å². The number of fused-ring (bicyclic) bond motifs is 1. The minimum atomic E-state index is -0.311. The Hall–Kier alpha value is -1.14. The molecule has 0 spiro atoms. The second-order valence-corrected chi connectivity index (χ2v) is 4.22. The molecule has 0 bridgehead atoms. The fraction of sp³-hybridized carbons (Fsp3) is 0.800. The fourth-order valence-electron chi connectivity index (χ4n) is 2.02. The first kappa shape index (κ1) is 11.3. The van der Waals surface area contributed by atoms with Crippen LogP contribution in [0.3, 0.4) is 0 Å². The Bertz CT molecular complexity index is 293. The highest BCUT2D eigenvalue weighted by Gasteiger charge is 2.41. The lowest BCUT2D eigenvalue weighted by molar-refractivity contribution is -0.131. The van der Waals surface area contributed by atoms with E-state index in [1.807, 2.05) is 7.05 Å². The Morgan fingerprint density at radius 3 is 3.19 bits per heavy atom. The summed E-state index contributed by atoms with van der Waals surface area (Å²) in [6.45, 7) is 3.05. The van der Waals surface area contributed by atoms with Crippen molar-refractivity contribution in [1.29, 1.82) is 0 Å². The van der Waals surface area contributed by atoms with Gasteiger partial charge in [-0.2, -0.15) is 0 Å². The normalized spacial score (nSPS) is 33.4. The van der Waals surface area contributed by atoms with Gasteiger partial charge in [0.1, 0.15) is 12.5 Å². The van der Waals surface area contributed by atoms with E-state index >= 15 is 0 Å². The number of likely N-dealkylation sites (N-methyl/N-ethyl adjacent to an activating group) is 1. The molecule has 2 aliphatic rings. The van der Waals surface area contributed by atoms with Crippen LogP contribution in [0.15, 0.2) is 4.99 Å². The van der Waals surface area contributed by atoms with E-state index in [4.69, 9.17) is 0 Å². The molecular formula is C10H19N5O. The van der Waals surface area contributed by atoms with Crippen molar-refractivity contribution in [3.63, 3.8) is 0 Å². The van der Waals surface area contributed by atoms with Crippen molar-refractivity contribution < 1.29 is 4.79 Å². The van der Waals surface area contributed by atoms with Crippen LogP contribution in [0.4, 0.5) is 0 Å². The average molecular weight is 225 g/mol. The molecule has 6 heteroatoms. The number of unbranched alkanes of at least 4 members (excludes halogenated alkanes) is 1. The van der Waals surface area contributed by atoms with E-state index in [-0.39, 0.29) is 24.4 Å². The van der Waals surface area contributed by atoms with Gasteiger partial charge in [0.25, 0.3) is 5.91 Å². The van der Waals surface area contributed by atoms with Gasteiger partial charge < -0.3 is 10.6 Å². The summed E-state index contributed by atoms with van der Waals surface area (Å²) in [5, 5.41) is 9.32. The van der Waals surface area contributed by atoms with Crippen molar-refractivity contribution in [2.45, 2.75) is 38.3 Å². The third-order valence-corrected chi connectivity index (χ3v) is 3.04. The van der Waals surface area contributed by atoms with Crippen molar-refractivity contribution in [2.75, 3.05) is 13.6 Å². The van der Waals surface area contributed by atoms with E-state index < -0.39 is 0 Å². The van der Waals surface area contributed by atoms with Crippen molar-refractivity contribution >= 4 is 12.2 Å². The Kier molecular flexibility index (Phi) is 3.40. The molecule has 0 aromatic rings. The van der Waals surface area contributed by atoms with Crippen molar-refractivity contribution in [1.82, 2.24) is 20.9 Å². The largest absolute Gasteiger partial charge is 0.358 e. The quantitative estimate of drug-likeness (QED) is 0.539. The van der Waals surface area contributed by atoms with Crippen molar-refractivity contribution in [2.24, 2.45) is 4.99 Å². The van der Waals surface area contributed by atoms with Crippen molar-refractivity contribution in [3.05, 3.63) is 0 Å². The number of carbonyl (C=O) groups excluding carboxylic acids is 1. The molecule has 0 radical (unpaired) electrons. The second-order valence-electron chi connectivity index (χ2n) is 4.22. The predicted octanol–water partition coefficient (Wildman–Crippen LogP) is -0.952. The number of rotatable bonds is 4. The molecule has 0 saturated carbocycles. The molecule has 1 fully saturated rings. The SMILES string of the molecule is CCCCNC1NC(=O)C2N=CNC2N1C. The zero-order valence-corrected chi connectivity index (χ0v) is 9.73. The molecule has 16 heavy (non-hydrogen) atoms. The van der Waals surface area contributed by atoms with Gasteiger partial charge in [-0.3, -0.25) is 20.0 Å². The average Bonchev–Trinajstić information content (AvgIpc) is 2.75. The monoisotopic (exact) mass is 225 g/mol. The van der Waals surface area contributed by atoms with Crippen molar-refractivity contribution in [3.8, 4) is 0 Å². The molecule has 90 valence electrons. The van der Waals surface area contributed by atoms with Gasteiger partial charge in [0.2, 0.25) is 0 Å². The van der Waals surface area contributed by atoms with E-state index in [1.54, 1.807) is 6.34 Å². The molecular weight excluding hydrogens is 206 g/mol. The van der Waals surface area contributed by atoms with Crippen LogP contribution in [-0.2, 0) is 4.79 Å². The number of carbonyl (C=O) groups is 1. The van der Waals surface area contributed by atoms with E-state index in [1.165, 1.54) is 0 Å². The summed E-state index contributed by atoms with van der Waals surface area (Å²) in [4.78, 5) is 17.9. The van der Waals surface area contributed by atoms with Crippen LogP contribution < -0.4 is 16.0 Å². The van der Waals surface area contributed by atoms with E-state index in [2.05, 4.69) is 32.8 Å². The van der Waals surface area contributed by atoms with Crippen LogP contribution in [0.2, 0.25) is 0 Å². The molecule has 2 rings (SSSR count). The first-order valence-corrected chi connectivity index (χ1v) is 5.77. The predicted molar refractivity (Wildman–Crippen MR) is 61.8 cm³/mol. The minimum Gasteiger partial charge on any atom is -0.358 e. The van der Waals surface area contributed by atoms with Crippen LogP contribution >= 0.6 is 0 Å². The summed E-state index contributed by atoms with van der Waals surface area (Å²) in [7, 11) is 1.97. The molecule has 1 saturated heterocycles. The summed E-state index contributed by atoms with van der Waals surface area (Å²) in [5.41, 5.74) is 0. The number of hydrogen-bond donors (Lipinski definition) is 3. The molecule has 6 nitrogen and oxygen atoms in total. The maximum Gasteiger partial charge on any atom is 0.250 e. The Labute approximate surface area is 95.5 Å². The lowest BCUT2D eigenvalue weighted by Crippen LogP contribution is -2.69. The fourth-order valence-corrected chi connectivity index (χ4v) is 2.02. The van der Waals surface area contributed by atoms with Gasteiger partial charge in [0.05, 0.1) is 6.34 Å². The maximum atomic E-state index is 11.7.